The van der Waals surface area contributed by atoms with Crippen molar-refractivity contribution in [3.8, 4) is 0 Å². The summed E-state index contributed by atoms with van der Waals surface area (Å²) in [6, 6.07) is 22.7. The number of aromatic nitrogens is 1. The number of carbonyl (C=O) groups excluding carboxylic acids is 1. The minimum absolute atomic E-state index is 0.0173. The van der Waals surface area contributed by atoms with Crippen molar-refractivity contribution < 1.29 is 9.18 Å². The number of anilines is 1. The van der Waals surface area contributed by atoms with Crippen LogP contribution in [0.25, 0.3) is 10.9 Å². The zero-order chi connectivity index (χ0) is 22.8. The molecule has 33 heavy (non-hydrogen) atoms. The lowest BCUT2D eigenvalue weighted by Gasteiger charge is -2.29. The lowest BCUT2D eigenvalue weighted by atomic mass is 9.97. The van der Waals surface area contributed by atoms with E-state index in [1.165, 1.54) is 6.07 Å². The molecule has 0 aliphatic carbocycles. The quantitative estimate of drug-likeness (QED) is 0.435. The highest BCUT2D eigenvalue weighted by Gasteiger charge is 2.29. The Bertz CT molecular complexity index is 1280. The molecule has 1 amide bonds. The summed E-state index contributed by atoms with van der Waals surface area (Å²) in [4.78, 5) is 18.1. The van der Waals surface area contributed by atoms with Crippen molar-refractivity contribution in [1.29, 1.82) is 0 Å². The Morgan fingerprint density at radius 2 is 1.76 bits per heavy atom. The first-order valence-electron chi connectivity index (χ1n) is 11.2. The first-order chi connectivity index (χ1) is 16.1. The van der Waals surface area contributed by atoms with Crippen LogP contribution in [0.4, 0.5) is 10.1 Å². The molecule has 0 fully saturated rings. The van der Waals surface area contributed by atoms with Gasteiger partial charge in [0.25, 0.3) is 0 Å². The molecule has 1 aliphatic heterocycles. The fraction of sp³-hybridized carbons (Fsp3) is 0.222. The summed E-state index contributed by atoms with van der Waals surface area (Å²) in [6.45, 7) is 1.10. The van der Waals surface area contributed by atoms with Crippen LogP contribution in [0.15, 0.2) is 79.0 Å². The number of hydrogen-bond donors (Lipinski definition) is 3. The Kier molecular flexibility index (Phi) is 5.84. The maximum Gasteiger partial charge on any atom is 0.224 e. The van der Waals surface area contributed by atoms with Crippen LogP contribution in [-0.2, 0) is 11.2 Å². The average Bonchev–Trinajstić information content (AvgIpc) is 3.18. The Balaban J connectivity index is 1.32. The predicted octanol–water partition coefficient (Wildman–Crippen LogP) is 4.16. The molecule has 3 aromatic carbocycles. The Labute approximate surface area is 192 Å². The molecule has 5 nitrogen and oxygen atoms in total. The number of benzene rings is 3. The summed E-state index contributed by atoms with van der Waals surface area (Å²) in [5.41, 5.74) is 4.70. The van der Waals surface area contributed by atoms with E-state index in [4.69, 9.17) is 0 Å². The first kappa shape index (κ1) is 21.2. The van der Waals surface area contributed by atoms with Crippen LogP contribution < -0.4 is 15.5 Å². The van der Waals surface area contributed by atoms with Gasteiger partial charge in [-0.15, -0.1) is 0 Å². The molecule has 0 bridgehead atoms. The Morgan fingerprint density at radius 3 is 2.61 bits per heavy atom. The largest absolute Gasteiger partial charge is 0.368 e. The number of para-hydroxylation sites is 2. The first-order valence-corrected chi connectivity index (χ1v) is 11.2. The van der Waals surface area contributed by atoms with Crippen LogP contribution in [-0.4, -0.2) is 37.1 Å². The Hall–Kier alpha value is -3.64. The van der Waals surface area contributed by atoms with Crippen molar-refractivity contribution in [1.82, 2.24) is 15.6 Å². The predicted molar refractivity (Wildman–Crippen MR) is 130 cm³/mol. The summed E-state index contributed by atoms with van der Waals surface area (Å²) in [6.07, 6.45) is 2.22. The van der Waals surface area contributed by atoms with E-state index < -0.39 is 0 Å². The SMILES string of the molecule is CN1c2ccccc2C(c2ccccc2F)NCC1CNC(=O)Cc1c[nH]c2ccccc12. The van der Waals surface area contributed by atoms with E-state index in [1.807, 2.05) is 67.8 Å². The van der Waals surface area contributed by atoms with Gasteiger partial charge in [-0.25, -0.2) is 4.39 Å². The van der Waals surface area contributed by atoms with E-state index in [2.05, 4.69) is 26.6 Å². The summed E-state index contributed by atoms with van der Waals surface area (Å²) in [5.74, 6) is -0.241. The van der Waals surface area contributed by atoms with Crippen LogP contribution in [0.2, 0.25) is 0 Å². The van der Waals surface area contributed by atoms with Gasteiger partial charge in [-0.05, 0) is 29.3 Å². The third-order valence-electron chi connectivity index (χ3n) is 6.51. The maximum absolute atomic E-state index is 14.6. The van der Waals surface area contributed by atoms with Crippen molar-refractivity contribution >= 4 is 22.5 Å². The molecule has 168 valence electrons. The highest BCUT2D eigenvalue weighted by molar-refractivity contribution is 5.88. The van der Waals surface area contributed by atoms with Gasteiger partial charge in [-0.3, -0.25) is 4.79 Å². The van der Waals surface area contributed by atoms with E-state index in [-0.39, 0.29) is 23.8 Å². The summed E-state index contributed by atoms with van der Waals surface area (Å²) in [5, 5.41) is 7.70. The van der Waals surface area contributed by atoms with Crippen molar-refractivity contribution in [3.63, 3.8) is 0 Å². The van der Waals surface area contributed by atoms with E-state index >= 15 is 0 Å². The molecule has 6 heteroatoms. The Morgan fingerprint density at radius 1 is 1.03 bits per heavy atom. The third-order valence-corrected chi connectivity index (χ3v) is 6.51. The van der Waals surface area contributed by atoms with Gasteiger partial charge >= 0.3 is 0 Å². The summed E-state index contributed by atoms with van der Waals surface area (Å²) < 4.78 is 14.6. The molecule has 1 aliphatic rings. The number of nitrogens with zero attached hydrogens (tertiary/aromatic N) is 1. The fourth-order valence-corrected chi connectivity index (χ4v) is 4.69. The van der Waals surface area contributed by atoms with Gasteiger partial charge in [-0.2, -0.15) is 0 Å². The average molecular weight is 443 g/mol. The number of hydrogen-bond acceptors (Lipinski definition) is 3. The molecular formula is C27H27FN4O. The molecule has 1 aromatic heterocycles. The molecule has 4 aromatic rings. The number of halogens is 1. The van der Waals surface area contributed by atoms with Gasteiger partial charge in [-0.1, -0.05) is 54.6 Å². The number of aromatic amines is 1. The molecule has 5 rings (SSSR count). The van der Waals surface area contributed by atoms with Crippen molar-refractivity contribution in [2.75, 3.05) is 25.0 Å². The maximum atomic E-state index is 14.6. The molecule has 0 radical (unpaired) electrons. The van der Waals surface area contributed by atoms with Crippen LogP contribution in [0.3, 0.4) is 0 Å². The summed E-state index contributed by atoms with van der Waals surface area (Å²) >= 11 is 0. The molecular weight excluding hydrogens is 415 g/mol. The molecule has 2 heterocycles. The molecule has 0 saturated heterocycles. The lowest BCUT2D eigenvalue weighted by molar-refractivity contribution is -0.120. The minimum Gasteiger partial charge on any atom is -0.368 e. The molecule has 2 unspecified atom stereocenters. The monoisotopic (exact) mass is 442 g/mol. The second-order valence-electron chi connectivity index (χ2n) is 8.53. The zero-order valence-electron chi connectivity index (χ0n) is 18.5. The third kappa shape index (κ3) is 4.22. The zero-order valence-corrected chi connectivity index (χ0v) is 18.5. The number of fused-ring (bicyclic) bond motifs is 2. The molecule has 2 atom stereocenters. The normalized spacial score (nSPS) is 18.1. The van der Waals surface area contributed by atoms with E-state index in [0.29, 0.717) is 25.1 Å². The van der Waals surface area contributed by atoms with Crippen LogP contribution in [0.1, 0.15) is 22.7 Å². The standard InChI is InChI=1S/C27H27FN4O/c1-32-19(16-30-26(33)14-18-15-29-24-12-6-3-8-20(18)24)17-31-27(21-9-2-5-11-23(21)28)22-10-4-7-13-25(22)32/h2-13,15,19,27,29,31H,14,16-17H2,1H3,(H,30,33). The van der Waals surface area contributed by atoms with Gasteiger partial charge in [0, 0.05) is 48.5 Å². The lowest BCUT2D eigenvalue weighted by Crippen LogP contribution is -2.47. The van der Waals surface area contributed by atoms with E-state index in [1.54, 1.807) is 6.07 Å². The van der Waals surface area contributed by atoms with Crippen molar-refractivity contribution in [2.45, 2.75) is 18.5 Å². The topological polar surface area (TPSA) is 60.2 Å². The molecule has 0 spiro atoms. The van der Waals surface area contributed by atoms with Gasteiger partial charge < -0.3 is 20.5 Å². The molecule has 3 N–H and O–H groups in total. The number of H-pyrrole nitrogens is 1. The van der Waals surface area contributed by atoms with Crippen molar-refractivity contribution in [2.24, 2.45) is 0 Å². The van der Waals surface area contributed by atoms with Crippen molar-refractivity contribution in [3.05, 3.63) is 102 Å². The van der Waals surface area contributed by atoms with Crippen LogP contribution >= 0.6 is 0 Å². The summed E-state index contributed by atoms with van der Waals surface area (Å²) in [7, 11) is 2.03. The van der Waals surface area contributed by atoms with E-state index in [0.717, 1.165) is 27.7 Å². The number of rotatable bonds is 5. The van der Waals surface area contributed by atoms with Gasteiger partial charge in [0.05, 0.1) is 18.5 Å². The van der Waals surface area contributed by atoms with Gasteiger partial charge in [0.15, 0.2) is 0 Å². The number of nitrogens with one attached hydrogen (secondary N) is 3. The van der Waals surface area contributed by atoms with Gasteiger partial charge in [0.1, 0.15) is 5.82 Å². The number of amides is 1. The van der Waals surface area contributed by atoms with Crippen LogP contribution in [0, 0.1) is 5.82 Å². The number of likely N-dealkylation sites (N-methyl/N-ethyl adjacent to an activating group) is 1. The highest BCUT2D eigenvalue weighted by atomic mass is 19.1. The minimum atomic E-state index is -0.253. The fourth-order valence-electron chi connectivity index (χ4n) is 4.69. The smallest absolute Gasteiger partial charge is 0.224 e. The second kappa shape index (κ2) is 9.08. The van der Waals surface area contributed by atoms with Crippen LogP contribution in [0.5, 0.6) is 0 Å². The van der Waals surface area contributed by atoms with Gasteiger partial charge in [0.2, 0.25) is 5.91 Å². The second-order valence-corrected chi connectivity index (χ2v) is 8.53. The number of carbonyl (C=O) groups is 1. The molecule has 0 saturated carbocycles. The highest BCUT2D eigenvalue weighted by Crippen LogP contribution is 2.34. The van der Waals surface area contributed by atoms with E-state index in [9.17, 15) is 9.18 Å².